The minimum atomic E-state index is -1.98. The van der Waals surface area contributed by atoms with Gasteiger partial charge in [0, 0.05) is 44.8 Å². The van der Waals surface area contributed by atoms with Crippen molar-refractivity contribution in [2.75, 3.05) is 51.5 Å². The summed E-state index contributed by atoms with van der Waals surface area (Å²) < 4.78 is 18.0. The van der Waals surface area contributed by atoms with Gasteiger partial charge in [-0.2, -0.15) is 0 Å². The van der Waals surface area contributed by atoms with Gasteiger partial charge in [0.2, 0.25) is 18.6 Å². The van der Waals surface area contributed by atoms with E-state index in [1.807, 2.05) is 152 Å². The Hall–Kier alpha value is -8.74. The number of hydrogen-bond acceptors (Lipinski definition) is 11. The van der Waals surface area contributed by atoms with Gasteiger partial charge >= 0.3 is 12.0 Å². The molecule has 3 saturated heterocycles. The Labute approximate surface area is 459 Å². The highest BCUT2D eigenvalue weighted by molar-refractivity contribution is 6.24. The largest absolute Gasteiger partial charge is 0.508 e. The molecular formula is C65H60N6O8. The second-order valence-corrected chi connectivity index (χ2v) is 21.1. The Morgan fingerprint density at radius 2 is 1.38 bits per heavy atom. The van der Waals surface area contributed by atoms with Gasteiger partial charge in [-0.3, -0.25) is 29.1 Å². The van der Waals surface area contributed by atoms with E-state index in [4.69, 9.17) is 14.2 Å². The van der Waals surface area contributed by atoms with Gasteiger partial charge in [0.15, 0.2) is 11.5 Å². The summed E-state index contributed by atoms with van der Waals surface area (Å²) in [6, 6.07) is 52.3. The predicted molar refractivity (Wildman–Crippen MR) is 297 cm³/mol. The number of piperazine rings is 1. The first-order valence-corrected chi connectivity index (χ1v) is 26.9. The highest BCUT2D eigenvalue weighted by atomic mass is 16.7. The molecule has 0 aromatic heterocycles. The lowest BCUT2D eigenvalue weighted by Crippen LogP contribution is -2.59. The van der Waals surface area contributed by atoms with Crippen LogP contribution < -0.4 is 19.7 Å². The molecule has 0 aliphatic carbocycles. The molecule has 1 spiro atoms. The quantitative estimate of drug-likeness (QED) is 0.0946. The summed E-state index contributed by atoms with van der Waals surface area (Å²) in [5.41, 5.74) is 4.29. The molecule has 14 heteroatoms. The van der Waals surface area contributed by atoms with Crippen LogP contribution in [0, 0.1) is 17.8 Å². The van der Waals surface area contributed by atoms with Crippen molar-refractivity contribution in [1.29, 1.82) is 0 Å². The molecule has 0 radical (unpaired) electrons. The van der Waals surface area contributed by atoms with Crippen LogP contribution in [0.3, 0.4) is 0 Å². The summed E-state index contributed by atoms with van der Waals surface area (Å²) in [5, 5.41) is 14.1. The summed E-state index contributed by atoms with van der Waals surface area (Å²) in [5.74, 6) is 4.90. The molecule has 14 nitrogen and oxygen atoms in total. The summed E-state index contributed by atoms with van der Waals surface area (Å²) in [6.45, 7) is 5.29. The van der Waals surface area contributed by atoms with E-state index in [2.05, 4.69) is 39.1 Å². The number of carbonyl (C=O) groups excluding carboxylic acids is 4. The Balaban J connectivity index is 1.03. The van der Waals surface area contributed by atoms with Crippen LogP contribution in [-0.2, 0) is 37.6 Å². The number of carbonyl (C=O) groups is 4. The van der Waals surface area contributed by atoms with Crippen LogP contribution in [0.1, 0.15) is 75.7 Å². The highest BCUT2D eigenvalue weighted by Gasteiger charge is 2.76. The molecule has 7 aromatic rings. The third-order valence-corrected chi connectivity index (χ3v) is 16.2. The van der Waals surface area contributed by atoms with Crippen LogP contribution >= 0.6 is 0 Å². The molecule has 0 bridgehead atoms. The second kappa shape index (κ2) is 21.6. The molecule has 7 unspecified atom stereocenters. The van der Waals surface area contributed by atoms with E-state index >= 15 is 19.2 Å². The van der Waals surface area contributed by atoms with Crippen molar-refractivity contribution >= 4 is 29.5 Å². The van der Waals surface area contributed by atoms with Crippen LogP contribution in [0.5, 0.6) is 17.2 Å². The highest BCUT2D eigenvalue weighted by Crippen LogP contribution is 2.66. The number of benzene rings is 7. The molecule has 7 atom stereocenters. The number of aromatic hydroxyl groups is 1. The zero-order valence-electron chi connectivity index (χ0n) is 44.0. The molecule has 5 aliphatic rings. The average molecular weight is 1050 g/mol. The second-order valence-electron chi connectivity index (χ2n) is 21.1. The number of cyclic esters (lactones) is 1. The topological polar surface area (TPSA) is 144 Å². The fourth-order valence-electron chi connectivity index (χ4n) is 12.5. The first-order valence-electron chi connectivity index (χ1n) is 26.9. The number of rotatable bonds is 11. The first-order chi connectivity index (χ1) is 38.6. The van der Waals surface area contributed by atoms with Crippen molar-refractivity contribution in [3.05, 3.63) is 226 Å². The van der Waals surface area contributed by atoms with E-state index in [0.717, 1.165) is 27.8 Å². The average Bonchev–Trinajstić information content (AvgIpc) is 2.22. The molecule has 3 fully saturated rings. The molecule has 5 aliphatic heterocycles. The van der Waals surface area contributed by atoms with Crippen molar-refractivity contribution in [3.63, 3.8) is 0 Å². The monoisotopic (exact) mass is 1050 g/mol. The van der Waals surface area contributed by atoms with Crippen LogP contribution in [-0.4, -0.2) is 101 Å². The molecule has 79 heavy (non-hydrogen) atoms. The van der Waals surface area contributed by atoms with Gasteiger partial charge in [-0.15, -0.1) is 0 Å². The molecule has 0 saturated carbocycles. The molecular weight excluding hydrogens is 993 g/mol. The third kappa shape index (κ3) is 9.54. The molecule has 2 N–H and O–H groups in total. The molecule has 398 valence electrons. The number of nitrogens with zero attached hydrogens (tertiary/aromatic N) is 5. The number of imide groups is 1. The fraction of sp³-hybridized carbons (Fsp3) is 0.262. The van der Waals surface area contributed by atoms with Crippen LogP contribution in [0.4, 0.5) is 10.5 Å². The maximum atomic E-state index is 17.0. The van der Waals surface area contributed by atoms with Gasteiger partial charge in [-0.05, 0) is 95.4 Å². The summed E-state index contributed by atoms with van der Waals surface area (Å²) in [7, 11) is 2.00. The smallest absolute Gasteiger partial charge is 0.329 e. The lowest BCUT2D eigenvalue weighted by atomic mass is 9.64. The summed E-state index contributed by atoms with van der Waals surface area (Å²) in [4.78, 5) is 74.0. The lowest BCUT2D eigenvalue weighted by Gasteiger charge is -2.46. The van der Waals surface area contributed by atoms with Crippen molar-refractivity contribution < 1.29 is 38.5 Å². The van der Waals surface area contributed by atoms with Crippen molar-refractivity contribution in [2.45, 2.75) is 55.7 Å². The standard InChI is InChI=1S/C65H60N6O8/c1-43(47-19-9-4-10-20-47)66-64(76)70-53-31-25-44(18-15-33-67(2)40-45-16-7-3-8-17-45)38-52(53)65(63(70)75)56(61(73)69-36-34-68(35-37-69)41-46-26-32-54-55(39-46)78-42-77-54)58-62(74)79-59(49-23-13-6-14-24-49)57(48-21-11-5-12-22-48)71(58)60(65)50-27-29-51(72)30-28-50/h3-14,16-17,19-32,38-39,43,56-60,72H,33-37,40-42H2,1-2H3,(H,66,76). The zero-order chi connectivity index (χ0) is 54.2. The van der Waals surface area contributed by atoms with Crippen molar-refractivity contribution in [1.82, 2.24) is 24.9 Å². The Kier molecular flexibility index (Phi) is 13.9. The minimum absolute atomic E-state index is 0.0118. The van der Waals surface area contributed by atoms with Crippen LogP contribution in [0.15, 0.2) is 182 Å². The van der Waals surface area contributed by atoms with E-state index < -0.39 is 65.4 Å². The molecule has 7 aromatic carbocycles. The number of morpholine rings is 1. The van der Waals surface area contributed by atoms with E-state index in [1.165, 1.54) is 4.90 Å². The maximum absolute atomic E-state index is 17.0. The zero-order valence-corrected chi connectivity index (χ0v) is 44.0. The fourth-order valence-corrected chi connectivity index (χ4v) is 12.5. The van der Waals surface area contributed by atoms with Gasteiger partial charge in [-0.1, -0.05) is 151 Å². The maximum Gasteiger partial charge on any atom is 0.329 e. The van der Waals surface area contributed by atoms with Gasteiger partial charge in [-0.25, -0.2) is 9.69 Å². The van der Waals surface area contributed by atoms with Crippen molar-refractivity contribution in [2.24, 2.45) is 5.92 Å². The number of nitrogens with one attached hydrogen (secondary N) is 1. The number of phenolic OH excluding ortho intramolecular Hbond substituents is 1. The Morgan fingerprint density at radius 3 is 2.09 bits per heavy atom. The van der Waals surface area contributed by atoms with Gasteiger partial charge in [0.1, 0.15) is 23.3 Å². The molecule has 12 rings (SSSR count). The van der Waals surface area contributed by atoms with E-state index in [9.17, 15) is 5.11 Å². The Bertz CT molecular complexity index is 3460. The number of amides is 4. The van der Waals surface area contributed by atoms with Gasteiger partial charge in [0.05, 0.1) is 36.3 Å². The van der Waals surface area contributed by atoms with Gasteiger partial charge < -0.3 is 29.5 Å². The Morgan fingerprint density at radius 1 is 0.722 bits per heavy atom. The number of anilines is 1. The van der Waals surface area contributed by atoms with Gasteiger partial charge in [0.25, 0.3) is 0 Å². The van der Waals surface area contributed by atoms with E-state index in [1.54, 1.807) is 41.3 Å². The third-order valence-electron chi connectivity index (χ3n) is 16.2. The summed E-state index contributed by atoms with van der Waals surface area (Å²) in [6.07, 6.45) is -0.898. The number of esters is 1. The predicted octanol–water partition coefficient (Wildman–Crippen LogP) is 9.09. The molecule has 5 heterocycles. The number of urea groups is 1. The molecule has 4 amide bonds. The van der Waals surface area contributed by atoms with Crippen LogP contribution in [0.25, 0.3) is 0 Å². The number of ether oxygens (including phenoxy) is 3. The summed E-state index contributed by atoms with van der Waals surface area (Å²) >= 11 is 0. The first kappa shape index (κ1) is 51.0. The minimum Gasteiger partial charge on any atom is -0.508 e. The van der Waals surface area contributed by atoms with Crippen LogP contribution in [0.2, 0.25) is 0 Å². The number of phenols is 1. The lowest BCUT2D eigenvalue weighted by molar-refractivity contribution is -0.179. The normalized spacial score (nSPS) is 22.7. The van der Waals surface area contributed by atoms with E-state index in [-0.39, 0.29) is 31.3 Å². The van der Waals surface area contributed by atoms with E-state index in [0.29, 0.717) is 60.9 Å². The SMILES string of the molecule is CC(NC(=O)N1C(=O)C2(c3cc(C#CCN(C)Cc4ccccc4)ccc31)C(C(=O)N1CCN(Cc3ccc4c(c3)OCO4)CC1)C1C(=O)OC(c3ccccc3)C(c3ccccc3)N1C2c1ccc(O)cc1)c1ccccc1. The van der Waals surface area contributed by atoms with Crippen molar-refractivity contribution in [3.8, 4) is 29.1 Å². The number of fused-ring (bicyclic) bond motifs is 4. The number of hydrogen-bond donors (Lipinski definition) is 2.